The summed E-state index contributed by atoms with van der Waals surface area (Å²) in [5, 5.41) is 6.37. The molecule has 1 fully saturated rings. The molecule has 2 aliphatic heterocycles. The summed E-state index contributed by atoms with van der Waals surface area (Å²) in [6.45, 7) is 1.46. The molecular formula is C22H23F2N3O2. The molecule has 2 aromatic carbocycles. The molecule has 2 N–H and O–H groups in total. The van der Waals surface area contributed by atoms with Crippen LogP contribution in [0.25, 0.3) is 0 Å². The minimum atomic E-state index is -0.346. The quantitative estimate of drug-likeness (QED) is 0.772. The van der Waals surface area contributed by atoms with Gasteiger partial charge in [-0.05, 0) is 60.7 Å². The Kier molecular flexibility index (Phi) is 5.22. The van der Waals surface area contributed by atoms with Gasteiger partial charge in [0, 0.05) is 36.8 Å². The van der Waals surface area contributed by atoms with Gasteiger partial charge in [-0.1, -0.05) is 12.1 Å². The number of carbonyl (C=O) groups is 2. The lowest BCUT2D eigenvalue weighted by Crippen LogP contribution is -2.54. The highest BCUT2D eigenvalue weighted by Crippen LogP contribution is 2.43. The van der Waals surface area contributed by atoms with Gasteiger partial charge in [0.15, 0.2) is 0 Å². The number of hydrogen-bond donors (Lipinski definition) is 2. The van der Waals surface area contributed by atoms with Crippen LogP contribution in [0.15, 0.2) is 42.5 Å². The lowest BCUT2D eigenvalue weighted by atomic mass is 9.74. The molecule has 1 atom stereocenters. The molecule has 2 aliphatic rings. The molecule has 2 heterocycles. The Hall–Kier alpha value is -2.96. The summed E-state index contributed by atoms with van der Waals surface area (Å²) in [4.78, 5) is 25.9. The van der Waals surface area contributed by atoms with Gasteiger partial charge in [-0.25, -0.2) is 13.6 Å². The maximum atomic E-state index is 13.6. The number of fused-ring (bicyclic) bond motifs is 1. The van der Waals surface area contributed by atoms with Crippen molar-refractivity contribution in [1.29, 1.82) is 0 Å². The summed E-state index contributed by atoms with van der Waals surface area (Å²) < 4.78 is 26.6. The summed E-state index contributed by atoms with van der Waals surface area (Å²) in [6, 6.07) is 10.4. The van der Waals surface area contributed by atoms with Crippen LogP contribution in [0.1, 0.15) is 36.3 Å². The highest BCUT2D eigenvalue weighted by atomic mass is 19.1. The summed E-state index contributed by atoms with van der Waals surface area (Å²) in [7, 11) is 0. The molecule has 1 spiro atoms. The van der Waals surface area contributed by atoms with Gasteiger partial charge < -0.3 is 20.3 Å². The molecule has 152 valence electrons. The number of benzene rings is 2. The minimum Gasteiger partial charge on any atom is -0.379 e. The van der Waals surface area contributed by atoms with Gasteiger partial charge in [-0.15, -0.1) is 0 Å². The number of carbonyl (C=O) groups excluding carboxylic acids is 2. The number of anilines is 1. The first kappa shape index (κ1) is 19.4. The maximum Gasteiger partial charge on any atom is 0.317 e. The van der Waals surface area contributed by atoms with Gasteiger partial charge in [-0.3, -0.25) is 0 Å². The summed E-state index contributed by atoms with van der Waals surface area (Å²) in [5.41, 5.74) is 2.05. The van der Waals surface area contributed by atoms with E-state index in [2.05, 4.69) is 10.6 Å². The summed E-state index contributed by atoms with van der Waals surface area (Å²) >= 11 is 0. The van der Waals surface area contributed by atoms with Crippen molar-refractivity contribution >= 4 is 18.0 Å². The Morgan fingerprint density at radius 2 is 1.83 bits per heavy atom. The number of likely N-dealkylation sites (tertiary alicyclic amines) is 1. The van der Waals surface area contributed by atoms with E-state index in [1.807, 2.05) is 0 Å². The number of amides is 2. The van der Waals surface area contributed by atoms with Crippen LogP contribution < -0.4 is 10.6 Å². The molecule has 2 aromatic rings. The Bertz CT molecular complexity index is 909. The first-order valence-electron chi connectivity index (χ1n) is 9.78. The van der Waals surface area contributed by atoms with E-state index in [9.17, 15) is 18.4 Å². The van der Waals surface area contributed by atoms with E-state index in [1.165, 1.54) is 24.3 Å². The van der Waals surface area contributed by atoms with E-state index in [0.29, 0.717) is 44.5 Å². The molecular weight excluding hydrogens is 376 g/mol. The van der Waals surface area contributed by atoms with Gasteiger partial charge in [0.1, 0.15) is 17.9 Å². The van der Waals surface area contributed by atoms with Crippen molar-refractivity contribution < 1.29 is 18.4 Å². The fraction of sp³-hybridized carbons (Fsp3) is 0.364. The van der Waals surface area contributed by atoms with Crippen LogP contribution in [0, 0.1) is 11.6 Å². The van der Waals surface area contributed by atoms with Gasteiger partial charge in [0.25, 0.3) is 0 Å². The van der Waals surface area contributed by atoms with Crippen molar-refractivity contribution in [1.82, 2.24) is 10.2 Å². The van der Waals surface area contributed by atoms with E-state index in [4.69, 9.17) is 0 Å². The number of rotatable bonds is 3. The summed E-state index contributed by atoms with van der Waals surface area (Å²) in [5.74, 6) is -0.999. The number of halogens is 2. The van der Waals surface area contributed by atoms with E-state index < -0.39 is 0 Å². The number of nitrogens with one attached hydrogen (secondary N) is 2. The fourth-order valence-electron chi connectivity index (χ4n) is 4.30. The average molecular weight is 399 g/mol. The molecule has 0 bridgehead atoms. The van der Waals surface area contributed by atoms with Crippen LogP contribution >= 0.6 is 0 Å². The second-order valence-electron chi connectivity index (χ2n) is 7.86. The molecule has 0 aromatic heterocycles. The number of hydrogen-bond acceptors (Lipinski definition) is 3. The van der Waals surface area contributed by atoms with Crippen LogP contribution in [-0.4, -0.2) is 35.8 Å². The first-order valence-corrected chi connectivity index (χ1v) is 9.78. The van der Waals surface area contributed by atoms with Gasteiger partial charge >= 0.3 is 6.03 Å². The smallest absolute Gasteiger partial charge is 0.317 e. The lowest BCUT2D eigenvalue weighted by molar-refractivity contribution is -0.109. The van der Waals surface area contributed by atoms with Crippen molar-refractivity contribution in [2.24, 2.45) is 0 Å². The Morgan fingerprint density at radius 1 is 1.14 bits per heavy atom. The zero-order valence-electron chi connectivity index (χ0n) is 16.0. The van der Waals surface area contributed by atoms with E-state index in [1.54, 1.807) is 23.1 Å². The highest BCUT2D eigenvalue weighted by molar-refractivity contribution is 5.75. The molecule has 5 nitrogen and oxygen atoms in total. The summed E-state index contributed by atoms with van der Waals surface area (Å²) in [6.07, 6.45) is 2.90. The van der Waals surface area contributed by atoms with Crippen molar-refractivity contribution in [2.45, 2.75) is 37.3 Å². The fourth-order valence-corrected chi connectivity index (χ4v) is 4.30. The first-order chi connectivity index (χ1) is 14.0. The average Bonchev–Trinajstić information content (AvgIpc) is 2.73. The topological polar surface area (TPSA) is 61.4 Å². The van der Waals surface area contributed by atoms with E-state index in [0.717, 1.165) is 17.5 Å². The van der Waals surface area contributed by atoms with Crippen molar-refractivity contribution in [3.8, 4) is 0 Å². The Balaban J connectivity index is 1.37. The zero-order valence-corrected chi connectivity index (χ0v) is 16.0. The second-order valence-corrected chi connectivity index (χ2v) is 7.86. The Morgan fingerprint density at radius 3 is 2.52 bits per heavy atom. The Labute approximate surface area is 168 Å². The number of nitrogens with zero attached hydrogens (tertiary/aromatic N) is 1. The van der Waals surface area contributed by atoms with Crippen molar-refractivity contribution in [2.75, 3.05) is 18.4 Å². The molecule has 2 amide bonds. The number of aldehydes is 1. The lowest BCUT2D eigenvalue weighted by Gasteiger charge is -2.47. The van der Waals surface area contributed by atoms with Gasteiger partial charge in [0.05, 0.1) is 0 Å². The maximum absolute atomic E-state index is 13.6. The van der Waals surface area contributed by atoms with Crippen molar-refractivity contribution in [3.05, 3.63) is 65.2 Å². The third-order valence-corrected chi connectivity index (χ3v) is 5.95. The van der Waals surface area contributed by atoms with Crippen LogP contribution in [0.2, 0.25) is 0 Å². The molecule has 4 rings (SSSR count). The van der Waals surface area contributed by atoms with Crippen molar-refractivity contribution in [3.63, 3.8) is 0 Å². The standard InChI is InChI=1S/C22H23F2N3O2/c23-17-3-1-15(2-4-17)13-25-21(29)27-9-7-22(8-10-27)12-16(14-28)19-11-18(24)5-6-20(19)26-22/h1-6,11,14,16,26H,7-10,12-13H2,(H,25,29)/t16-/m0/s1. The molecule has 0 radical (unpaired) electrons. The molecule has 29 heavy (non-hydrogen) atoms. The molecule has 7 heteroatoms. The number of urea groups is 1. The predicted octanol–water partition coefficient (Wildman–Crippen LogP) is 3.81. The van der Waals surface area contributed by atoms with Crippen LogP contribution in [0.4, 0.5) is 19.3 Å². The molecule has 1 saturated heterocycles. The monoisotopic (exact) mass is 399 g/mol. The normalized spacial score (nSPS) is 19.9. The largest absolute Gasteiger partial charge is 0.379 e. The predicted molar refractivity (Wildman–Crippen MR) is 106 cm³/mol. The van der Waals surface area contributed by atoms with Gasteiger partial charge in [-0.2, -0.15) is 0 Å². The number of piperidine rings is 1. The van der Waals surface area contributed by atoms with E-state index >= 15 is 0 Å². The van der Waals surface area contributed by atoms with Crippen LogP contribution in [0.3, 0.4) is 0 Å². The molecule has 0 unspecified atom stereocenters. The SMILES string of the molecule is O=C[C@@H]1CC2(CCN(C(=O)NCc3ccc(F)cc3)CC2)Nc2ccc(F)cc21. The van der Waals surface area contributed by atoms with Crippen LogP contribution in [0.5, 0.6) is 0 Å². The minimum absolute atomic E-state index is 0.158. The third kappa shape index (κ3) is 4.09. The van der Waals surface area contributed by atoms with Gasteiger partial charge in [0.2, 0.25) is 0 Å². The molecule has 0 saturated carbocycles. The zero-order chi connectivity index (χ0) is 20.4. The molecule has 0 aliphatic carbocycles. The van der Waals surface area contributed by atoms with Crippen LogP contribution in [-0.2, 0) is 11.3 Å². The second kappa shape index (κ2) is 7.81. The third-order valence-electron chi connectivity index (χ3n) is 5.95. The highest BCUT2D eigenvalue weighted by Gasteiger charge is 2.41. The van der Waals surface area contributed by atoms with E-state index in [-0.39, 0.29) is 29.1 Å².